The van der Waals surface area contributed by atoms with E-state index in [1.807, 2.05) is 6.92 Å². The molecule has 2 saturated heterocycles. The third-order valence-electron chi connectivity index (χ3n) is 3.06. The highest BCUT2D eigenvalue weighted by Gasteiger charge is 2.47. The lowest BCUT2D eigenvalue weighted by molar-refractivity contribution is -0.128. The molecule has 2 aliphatic rings. The number of hydrogen-bond donors (Lipinski definition) is 1. The molecule has 1 spiro atoms. The lowest BCUT2D eigenvalue weighted by Gasteiger charge is -2.30. The largest absolute Gasteiger partial charge is 0.370 e. The molecule has 4 heteroatoms. The van der Waals surface area contributed by atoms with Gasteiger partial charge in [-0.3, -0.25) is 4.79 Å². The first kappa shape index (κ1) is 11.0. The molecule has 0 saturated carbocycles. The molecule has 3 nitrogen and oxygen atoms in total. The third kappa shape index (κ3) is 1.73. The molecular formula is C9H16ClNO2. The van der Waals surface area contributed by atoms with Gasteiger partial charge in [-0.05, 0) is 32.9 Å². The van der Waals surface area contributed by atoms with Crippen LogP contribution in [0.2, 0.25) is 0 Å². The van der Waals surface area contributed by atoms with Gasteiger partial charge in [0.1, 0.15) is 6.10 Å². The second-order valence-corrected chi connectivity index (χ2v) is 3.85. The highest BCUT2D eigenvalue weighted by atomic mass is 35.5. The van der Waals surface area contributed by atoms with Crippen LogP contribution in [0.3, 0.4) is 0 Å². The number of halogens is 1. The molecule has 0 aliphatic carbocycles. The van der Waals surface area contributed by atoms with E-state index in [-0.39, 0.29) is 23.9 Å². The van der Waals surface area contributed by atoms with Crippen LogP contribution >= 0.6 is 12.4 Å². The van der Waals surface area contributed by atoms with E-state index in [0.29, 0.717) is 12.4 Å². The van der Waals surface area contributed by atoms with Crippen LogP contribution in [0.1, 0.15) is 19.8 Å². The Hall–Kier alpha value is -0.120. The van der Waals surface area contributed by atoms with E-state index in [4.69, 9.17) is 4.74 Å². The fraction of sp³-hybridized carbons (Fsp3) is 0.889. The van der Waals surface area contributed by atoms with Crippen molar-refractivity contribution < 1.29 is 9.53 Å². The molecule has 2 heterocycles. The third-order valence-corrected chi connectivity index (χ3v) is 3.06. The Morgan fingerprint density at radius 1 is 1.46 bits per heavy atom. The second kappa shape index (κ2) is 3.95. The lowest BCUT2D eigenvalue weighted by Crippen LogP contribution is -2.42. The van der Waals surface area contributed by atoms with Crippen molar-refractivity contribution >= 4 is 18.2 Å². The van der Waals surface area contributed by atoms with E-state index in [2.05, 4.69) is 5.32 Å². The van der Waals surface area contributed by atoms with Crippen molar-refractivity contribution in [3.8, 4) is 0 Å². The standard InChI is InChI=1S/C9H15NO2.ClH/c1-7-8(11)9(6-12-7)2-4-10-5-3-9;/h7,10H,2-6H2,1H3;1H. The SMILES string of the molecule is CC1OCC2(CCNCC2)C1=O.Cl. The molecule has 2 fully saturated rings. The summed E-state index contributed by atoms with van der Waals surface area (Å²) in [5.74, 6) is 0.323. The number of carbonyl (C=O) groups is 1. The van der Waals surface area contributed by atoms with Gasteiger partial charge in [0.2, 0.25) is 0 Å². The van der Waals surface area contributed by atoms with Crippen molar-refractivity contribution in [1.82, 2.24) is 5.32 Å². The van der Waals surface area contributed by atoms with Gasteiger partial charge in [-0.2, -0.15) is 0 Å². The summed E-state index contributed by atoms with van der Waals surface area (Å²) in [6.45, 7) is 4.43. The van der Waals surface area contributed by atoms with E-state index in [0.717, 1.165) is 25.9 Å². The van der Waals surface area contributed by atoms with Crippen LogP contribution in [0, 0.1) is 5.41 Å². The Morgan fingerprint density at radius 3 is 2.54 bits per heavy atom. The maximum absolute atomic E-state index is 11.7. The highest BCUT2D eigenvalue weighted by Crippen LogP contribution is 2.36. The van der Waals surface area contributed by atoms with Gasteiger partial charge in [0.05, 0.1) is 12.0 Å². The number of ketones is 1. The number of hydrogen-bond acceptors (Lipinski definition) is 3. The van der Waals surface area contributed by atoms with Crippen molar-refractivity contribution in [3.63, 3.8) is 0 Å². The van der Waals surface area contributed by atoms with Crippen LogP contribution in [0.15, 0.2) is 0 Å². The van der Waals surface area contributed by atoms with Crippen molar-refractivity contribution in [2.45, 2.75) is 25.9 Å². The number of piperidine rings is 1. The fourth-order valence-electron chi connectivity index (χ4n) is 2.16. The molecule has 1 unspecified atom stereocenters. The van der Waals surface area contributed by atoms with Gasteiger partial charge in [-0.15, -0.1) is 12.4 Å². The summed E-state index contributed by atoms with van der Waals surface area (Å²) in [6, 6.07) is 0. The fourth-order valence-corrected chi connectivity index (χ4v) is 2.16. The number of carbonyl (C=O) groups excluding carboxylic acids is 1. The molecule has 0 aromatic carbocycles. The Bertz CT molecular complexity index is 196. The molecule has 76 valence electrons. The van der Waals surface area contributed by atoms with Crippen molar-refractivity contribution in [3.05, 3.63) is 0 Å². The van der Waals surface area contributed by atoms with Gasteiger partial charge < -0.3 is 10.1 Å². The zero-order valence-corrected chi connectivity index (χ0v) is 8.65. The van der Waals surface area contributed by atoms with Gasteiger partial charge >= 0.3 is 0 Å². The first-order valence-electron chi connectivity index (χ1n) is 4.61. The quantitative estimate of drug-likeness (QED) is 0.635. The minimum Gasteiger partial charge on any atom is -0.370 e. The lowest BCUT2D eigenvalue weighted by atomic mass is 9.76. The van der Waals surface area contributed by atoms with E-state index < -0.39 is 0 Å². The van der Waals surface area contributed by atoms with Crippen LogP contribution in [-0.2, 0) is 9.53 Å². The van der Waals surface area contributed by atoms with Gasteiger partial charge in [0.25, 0.3) is 0 Å². The van der Waals surface area contributed by atoms with Crippen LogP contribution in [-0.4, -0.2) is 31.6 Å². The number of nitrogens with one attached hydrogen (secondary N) is 1. The van der Waals surface area contributed by atoms with E-state index in [1.165, 1.54) is 0 Å². The van der Waals surface area contributed by atoms with Crippen LogP contribution in [0.5, 0.6) is 0 Å². The normalized spacial score (nSPS) is 31.8. The maximum Gasteiger partial charge on any atom is 0.169 e. The Morgan fingerprint density at radius 2 is 2.08 bits per heavy atom. The van der Waals surface area contributed by atoms with Crippen LogP contribution in [0.4, 0.5) is 0 Å². The molecule has 1 atom stereocenters. The van der Waals surface area contributed by atoms with E-state index in [1.54, 1.807) is 0 Å². The predicted octanol–water partition coefficient (Wildman–Crippen LogP) is 0.766. The average molecular weight is 206 g/mol. The summed E-state index contributed by atoms with van der Waals surface area (Å²) in [5.41, 5.74) is -0.120. The van der Waals surface area contributed by atoms with Gasteiger partial charge in [0, 0.05) is 0 Å². The first-order valence-corrected chi connectivity index (χ1v) is 4.61. The number of Topliss-reactive ketones (excluding diaryl/α,β-unsaturated/α-hetero) is 1. The summed E-state index contributed by atoms with van der Waals surface area (Å²) < 4.78 is 5.38. The molecular weight excluding hydrogens is 190 g/mol. The minimum absolute atomic E-state index is 0. The summed E-state index contributed by atoms with van der Waals surface area (Å²) >= 11 is 0. The monoisotopic (exact) mass is 205 g/mol. The van der Waals surface area contributed by atoms with Gasteiger partial charge in [0.15, 0.2) is 5.78 Å². The van der Waals surface area contributed by atoms with Crippen molar-refractivity contribution in [2.24, 2.45) is 5.41 Å². The molecule has 0 bridgehead atoms. The van der Waals surface area contributed by atoms with Crippen molar-refractivity contribution in [2.75, 3.05) is 19.7 Å². The molecule has 1 N–H and O–H groups in total. The summed E-state index contributed by atoms with van der Waals surface area (Å²) in [6.07, 6.45) is 1.75. The second-order valence-electron chi connectivity index (χ2n) is 3.85. The zero-order chi connectivity index (χ0) is 8.60. The van der Waals surface area contributed by atoms with Crippen LogP contribution in [0.25, 0.3) is 0 Å². The molecule has 13 heavy (non-hydrogen) atoms. The molecule has 0 aromatic rings. The summed E-state index contributed by atoms with van der Waals surface area (Å²) in [7, 11) is 0. The molecule has 2 aliphatic heterocycles. The smallest absolute Gasteiger partial charge is 0.169 e. The van der Waals surface area contributed by atoms with Gasteiger partial charge in [-0.25, -0.2) is 0 Å². The predicted molar refractivity (Wildman–Crippen MR) is 52.2 cm³/mol. The molecule has 0 amide bonds. The van der Waals surface area contributed by atoms with Gasteiger partial charge in [-0.1, -0.05) is 0 Å². The maximum atomic E-state index is 11.7. The topological polar surface area (TPSA) is 38.3 Å². The Balaban J connectivity index is 0.000000845. The minimum atomic E-state index is -0.164. The number of ether oxygens (including phenoxy) is 1. The van der Waals surface area contributed by atoms with Crippen molar-refractivity contribution in [1.29, 1.82) is 0 Å². The first-order chi connectivity index (χ1) is 5.75. The summed E-state index contributed by atoms with van der Waals surface area (Å²) in [4.78, 5) is 11.7. The zero-order valence-electron chi connectivity index (χ0n) is 7.84. The molecule has 0 aromatic heterocycles. The number of rotatable bonds is 0. The van der Waals surface area contributed by atoms with E-state index in [9.17, 15) is 4.79 Å². The Labute approximate surface area is 84.6 Å². The molecule has 2 rings (SSSR count). The van der Waals surface area contributed by atoms with Crippen LogP contribution < -0.4 is 5.32 Å². The summed E-state index contributed by atoms with van der Waals surface area (Å²) in [5, 5.41) is 3.26. The average Bonchev–Trinajstić information content (AvgIpc) is 2.37. The Kier molecular flexibility index (Phi) is 3.33. The highest BCUT2D eigenvalue weighted by molar-refractivity contribution is 5.90. The molecule has 0 radical (unpaired) electrons. The van der Waals surface area contributed by atoms with E-state index >= 15 is 0 Å².